The molecule has 0 fully saturated rings. The Hall–Kier alpha value is -2.44. The SMILES string of the molecule is Cc1cc(NC(=S)Nc2ccc(F)c(Cl)c2)nn1Cc1ccccc1. The summed E-state index contributed by atoms with van der Waals surface area (Å²) in [6.45, 7) is 2.67. The van der Waals surface area contributed by atoms with Crippen molar-refractivity contribution >= 4 is 40.4 Å². The summed E-state index contributed by atoms with van der Waals surface area (Å²) in [5.41, 5.74) is 2.78. The van der Waals surface area contributed by atoms with Crippen LogP contribution in [0.2, 0.25) is 5.02 Å². The minimum atomic E-state index is -0.471. The van der Waals surface area contributed by atoms with Gasteiger partial charge in [0.05, 0.1) is 11.6 Å². The van der Waals surface area contributed by atoms with Crippen LogP contribution >= 0.6 is 23.8 Å². The molecule has 7 heteroatoms. The molecule has 25 heavy (non-hydrogen) atoms. The van der Waals surface area contributed by atoms with Crippen LogP contribution in [0.1, 0.15) is 11.3 Å². The lowest BCUT2D eigenvalue weighted by Crippen LogP contribution is -2.19. The number of aromatic nitrogens is 2. The molecule has 0 bridgehead atoms. The van der Waals surface area contributed by atoms with Crippen molar-refractivity contribution in [3.8, 4) is 0 Å². The Morgan fingerprint density at radius 1 is 1.16 bits per heavy atom. The van der Waals surface area contributed by atoms with Gasteiger partial charge in [-0.25, -0.2) is 4.39 Å². The normalized spacial score (nSPS) is 10.5. The number of nitrogens with zero attached hydrogens (tertiary/aromatic N) is 2. The first-order chi connectivity index (χ1) is 12.0. The molecule has 1 heterocycles. The molecule has 1 aromatic heterocycles. The van der Waals surface area contributed by atoms with E-state index in [1.54, 1.807) is 6.07 Å². The Kier molecular flexibility index (Phi) is 5.31. The molecule has 4 nitrogen and oxygen atoms in total. The first-order valence-electron chi connectivity index (χ1n) is 7.63. The minimum Gasteiger partial charge on any atom is -0.332 e. The van der Waals surface area contributed by atoms with E-state index in [-0.39, 0.29) is 5.02 Å². The minimum absolute atomic E-state index is 0.0378. The summed E-state index contributed by atoms with van der Waals surface area (Å²) in [6, 6.07) is 16.3. The van der Waals surface area contributed by atoms with Gasteiger partial charge in [0, 0.05) is 17.4 Å². The third-order valence-electron chi connectivity index (χ3n) is 3.58. The maximum Gasteiger partial charge on any atom is 0.176 e. The van der Waals surface area contributed by atoms with Gasteiger partial charge < -0.3 is 10.6 Å². The lowest BCUT2D eigenvalue weighted by molar-refractivity contribution is 0.628. The number of nitrogens with one attached hydrogen (secondary N) is 2. The van der Waals surface area contributed by atoms with E-state index in [9.17, 15) is 4.39 Å². The van der Waals surface area contributed by atoms with Gasteiger partial charge in [0.1, 0.15) is 5.82 Å². The van der Waals surface area contributed by atoms with Gasteiger partial charge in [-0.3, -0.25) is 4.68 Å². The van der Waals surface area contributed by atoms with E-state index < -0.39 is 5.82 Å². The number of aryl methyl sites for hydroxylation is 1. The summed E-state index contributed by atoms with van der Waals surface area (Å²) >= 11 is 11.0. The van der Waals surface area contributed by atoms with Crippen LogP contribution in [0.3, 0.4) is 0 Å². The molecule has 0 aliphatic rings. The standard InChI is InChI=1S/C18H16ClFN4S/c1-12-9-17(23-24(12)11-13-5-3-2-4-6-13)22-18(25)21-14-7-8-16(20)15(19)10-14/h2-10H,11H2,1H3,(H2,21,22,23,25). The first kappa shape index (κ1) is 17.4. The number of benzene rings is 2. The highest BCUT2D eigenvalue weighted by Gasteiger charge is 2.08. The predicted molar refractivity (Wildman–Crippen MR) is 104 cm³/mol. The molecular weight excluding hydrogens is 359 g/mol. The van der Waals surface area contributed by atoms with E-state index in [1.165, 1.54) is 17.7 Å². The van der Waals surface area contributed by atoms with E-state index >= 15 is 0 Å². The molecule has 0 aliphatic carbocycles. The van der Waals surface area contributed by atoms with Gasteiger partial charge in [-0.1, -0.05) is 41.9 Å². The summed E-state index contributed by atoms with van der Waals surface area (Å²) in [5.74, 6) is 0.167. The van der Waals surface area contributed by atoms with E-state index in [2.05, 4.69) is 27.9 Å². The van der Waals surface area contributed by atoms with Crippen molar-refractivity contribution in [3.63, 3.8) is 0 Å². The lowest BCUT2D eigenvalue weighted by Gasteiger charge is -2.09. The molecule has 3 rings (SSSR count). The van der Waals surface area contributed by atoms with Crippen LogP contribution in [0.25, 0.3) is 0 Å². The van der Waals surface area contributed by atoms with Crippen LogP contribution in [0.4, 0.5) is 15.9 Å². The molecule has 0 atom stereocenters. The highest BCUT2D eigenvalue weighted by atomic mass is 35.5. The third kappa shape index (κ3) is 4.55. The summed E-state index contributed by atoms with van der Waals surface area (Å²) in [6.07, 6.45) is 0. The second-order valence-corrected chi connectivity index (χ2v) is 6.34. The molecule has 0 amide bonds. The molecular formula is C18H16ClFN4S. The summed E-state index contributed by atoms with van der Waals surface area (Å²) in [5, 5.41) is 10.9. The van der Waals surface area contributed by atoms with Gasteiger partial charge in [-0.2, -0.15) is 5.10 Å². The Morgan fingerprint density at radius 3 is 2.64 bits per heavy atom. The summed E-state index contributed by atoms with van der Waals surface area (Å²) < 4.78 is 15.1. The van der Waals surface area contributed by atoms with Crippen LogP contribution in [0.15, 0.2) is 54.6 Å². The van der Waals surface area contributed by atoms with Crippen LogP contribution in [-0.2, 0) is 6.54 Å². The fraction of sp³-hybridized carbons (Fsp3) is 0.111. The molecule has 0 spiro atoms. The fourth-order valence-electron chi connectivity index (χ4n) is 2.34. The largest absolute Gasteiger partial charge is 0.332 e. The number of rotatable bonds is 4. The van der Waals surface area contributed by atoms with Crippen LogP contribution in [0.5, 0.6) is 0 Å². The number of hydrogen-bond donors (Lipinski definition) is 2. The number of anilines is 2. The molecule has 0 radical (unpaired) electrons. The highest BCUT2D eigenvalue weighted by Crippen LogP contribution is 2.19. The number of halogens is 2. The zero-order valence-corrected chi connectivity index (χ0v) is 15.0. The molecule has 128 valence electrons. The average molecular weight is 375 g/mol. The molecule has 0 unspecified atom stereocenters. The zero-order valence-electron chi connectivity index (χ0n) is 13.5. The van der Waals surface area contributed by atoms with Crippen molar-refractivity contribution in [3.05, 3.63) is 76.7 Å². The molecule has 0 saturated heterocycles. The fourth-order valence-corrected chi connectivity index (χ4v) is 2.74. The lowest BCUT2D eigenvalue weighted by atomic mass is 10.2. The topological polar surface area (TPSA) is 41.9 Å². The van der Waals surface area contributed by atoms with E-state index in [0.29, 0.717) is 23.2 Å². The maximum atomic E-state index is 13.2. The quantitative estimate of drug-likeness (QED) is 0.641. The molecule has 3 aromatic rings. The summed E-state index contributed by atoms with van der Waals surface area (Å²) in [4.78, 5) is 0. The van der Waals surface area contributed by atoms with Gasteiger partial charge in [-0.15, -0.1) is 0 Å². The first-order valence-corrected chi connectivity index (χ1v) is 8.41. The van der Waals surface area contributed by atoms with Crippen molar-refractivity contribution in [2.75, 3.05) is 10.6 Å². The van der Waals surface area contributed by atoms with E-state index in [1.807, 2.05) is 35.9 Å². The maximum absolute atomic E-state index is 13.2. The smallest absolute Gasteiger partial charge is 0.176 e. The Morgan fingerprint density at radius 2 is 1.92 bits per heavy atom. The van der Waals surface area contributed by atoms with Crippen LogP contribution < -0.4 is 10.6 Å². The van der Waals surface area contributed by atoms with Crippen molar-refractivity contribution in [1.29, 1.82) is 0 Å². The van der Waals surface area contributed by atoms with Gasteiger partial charge in [-0.05, 0) is 42.9 Å². The van der Waals surface area contributed by atoms with E-state index in [0.717, 1.165) is 5.69 Å². The molecule has 0 saturated carbocycles. The molecule has 2 aromatic carbocycles. The van der Waals surface area contributed by atoms with Crippen molar-refractivity contribution < 1.29 is 4.39 Å². The number of thiocarbonyl (C=S) groups is 1. The average Bonchev–Trinajstić information content (AvgIpc) is 2.91. The van der Waals surface area contributed by atoms with Crippen molar-refractivity contribution in [2.45, 2.75) is 13.5 Å². The second-order valence-electron chi connectivity index (χ2n) is 5.52. The van der Waals surface area contributed by atoms with Crippen LogP contribution in [-0.4, -0.2) is 14.9 Å². The monoisotopic (exact) mass is 374 g/mol. The Balaban J connectivity index is 1.65. The van der Waals surface area contributed by atoms with E-state index in [4.69, 9.17) is 23.8 Å². The van der Waals surface area contributed by atoms with Gasteiger partial charge in [0.2, 0.25) is 0 Å². The second kappa shape index (κ2) is 7.63. The van der Waals surface area contributed by atoms with Gasteiger partial charge >= 0.3 is 0 Å². The van der Waals surface area contributed by atoms with Crippen LogP contribution in [0, 0.1) is 12.7 Å². The third-order valence-corrected chi connectivity index (χ3v) is 4.07. The van der Waals surface area contributed by atoms with Crippen molar-refractivity contribution in [1.82, 2.24) is 9.78 Å². The van der Waals surface area contributed by atoms with Gasteiger partial charge in [0.25, 0.3) is 0 Å². The zero-order chi connectivity index (χ0) is 17.8. The predicted octanol–water partition coefficient (Wildman–Crippen LogP) is 4.84. The highest BCUT2D eigenvalue weighted by molar-refractivity contribution is 7.80. The van der Waals surface area contributed by atoms with Crippen molar-refractivity contribution in [2.24, 2.45) is 0 Å². The van der Waals surface area contributed by atoms with Gasteiger partial charge in [0.15, 0.2) is 10.9 Å². The molecule has 0 aliphatic heterocycles. The number of hydrogen-bond acceptors (Lipinski definition) is 2. The Labute approximate surface area is 155 Å². The molecule has 2 N–H and O–H groups in total. The Bertz CT molecular complexity index is 895. The summed E-state index contributed by atoms with van der Waals surface area (Å²) in [7, 11) is 0.